The number of hydrogen-bond acceptors (Lipinski definition) is 4. The topological polar surface area (TPSA) is 58.1 Å². The van der Waals surface area contributed by atoms with Crippen LogP contribution in [0.5, 0.6) is 0 Å². The van der Waals surface area contributed by atoms with E-state index < -0.39 is 0 Å². The van der Waals surface area contributed by atoms with Crippen molar-refractivity contribution in [2.45, 2.75) is 57.7 Å². The average molecular weight is 530 g/mol. The Kier molecular flexibility index (Phi) is 10.8. The summed E-state index contributed by atoms with van der Waals surface area (Å²) in [4.78, 5) is 6.93. The number of nitrogens with one attached hydrogen (secondary N) is 2. The van der Waals surface area contributed by atoms with Crippen LogP contribution in [0.25, 0.3) is 0 Å². The van der Waals surface area contributed by atoms with Crippen molar-refractivity contribution in [2.24, 2.45) is 4.99 Å². The van der Waals surface area contributed by atoms with E-state index in [1.54, 1.807) is 0 Å². The Morgan fingerprint density at radius 2 is 2.07 bits per heavy atom. The van der Waals surface area contributed by atoms with E-state index >= 15 is 0 Å². The van der Waals surface area contributed by atoms with E-state index in [1.807, 2.05) is 7.05 Å². The second-order valence-corrected chi connectivity index (χ2v) is 8.67. The highest BCUT2D eigenvalue weighted by Crippen LogP contribution is 2.24. The van der Waals surface area contributed by atoms with E-state index in [2.05, 4.69) is 58.6 Å². The Bertz CT molecular complexity index is 662. The summed E-state index contributed by atoms with van der Waals surface area (Å²) in [5.41, 5.74) is 3.00. The smallest absolute Gasteiger partial charge is 0.191 e. The van der Waals surface area contributed by atoms with Crippen molar-refractivity contribution in [1.29, 1.82) is 0 Å². The Hall–Kier alpha value is -0.900. The lowest BCUT2D eigenvalue weighted by atomic mass is 9.94. The van der Waals surface area contributed by atoms with Crippen LogP contribution in [0.4, 0.5) is 0 Å². The summed E-state index contributed by atoms with van der Waals surface area (Å²) in [5, 5.41) is 6.90. The molecule has 1 aromatic rings. The summed E-state index contributed by atoms with van der Waals surface area (Å²) in [7, 11) is 1.83. The lowest BCUT2D eigenvalue weighted by Crippen LogP contribution is -2.54. The van der Waals surface area contributed by atoms with Gasteiger partial charge in [0.1, 0.15) is 0 Å². The number of guanidine groups is 1. The molecule has 30 heavy (non-hydrogen) atoms. The SMILES string of the molecule is CN=C(NCCCOCC1CCCO1)NCC(C)(C)N1CCc2ccccc2C1.I. The fourth-order valence-electron chi connectivity index (χ4n) is 4.02. The highest BCUT2D eigenvalue weighted by molar-refractivity contribution is 14.0. The molecule has 1 saturated heterocycles. The van der Waals surface area contributed by atoms with Gasteiger partial charge >= 0.3 is 0 Å². The maximum atomic E-state index is 5.72. The molecule has 1 unspecified atom stereocenters. The van der Waals surface area contributed by atoms with Gasteiger partial charge in [0.25, 0.3) is 0 Å². The van der Waals surface area contributed by atoms with Crippen LogP contribution in [0.15, 0.2) is 29.3 Å². The van der Waals surface area contributed by atoms with Crippen molar-refractivity contribution < 1.29 is 9.47 Å². The minimum atomic E-state index is 0. The number of nitrogens with zero attached hydrogens (tertiary/aromatic N) is 2. The molecule has 0 amide bonds. The normalized spacial score (nSPS) is 19.8. The minimum absolute atomic E-state index is 0. The summed E-state index contributed by atoms with van der Waals surface area (Å²) in [6, 6.07) is 8.80. The summed E-state index contributed by atoms with van der Waals surface area (Å²) in [6.45, 7) is 10.8. The molecule has 0 saturated carbocycles. The highest BCUT2D eigenvalue weighted by atomic mass is 127. The van der Waals surface area contributed by atoms with Gasteiger partial charge in [-0.2, -0.15) is 0 Å². The van der Waals surface area contributed by atoms with Gasteiger partial charge in [-0.3, -0.25) is 9.89 Å². The third-order valence-corrected chi connectivity index (χ3v) is 5.98. The Balaban J connectivity index is 0.00000320. The Morgan fingerprint density at radius 1 is 1.27 bits per heavy atom. The summed E-state index contributed by atoms with van der Waals surface area (Å²) < 4.78 is 11.3. The third kappa shape index (κ3) is 7.66. The molecule has 0 spiro atoms. The fraction of sp³-hybridized carbons (Fsp3) is 0.696. The zero-order chi connectivity index (χ0) is 20.5. The number of rotatable bonds is 9. The van der Waals surface area contributed by atoms with Gasteiger partial charge < -0.3 is 20.1 Å². The average Bonchev–Trinajstić information content (AvgIpc) is 3.26. The van der Waals surface area contributed by atoms with Gasteiger partial charge in [0, 0.05) is 52.0 Å². The van der Waals surface area contributed by atoms with Crippen LogP contribution in [-0.4, -0.2) is 69.0 Å². The van der Waals surface area contributed by atoms with Crippen LogP contribution >= 0.6 is 24.0 Å². The van der Waals surface area contributed by atoms with Crippen LogP contribution in [0, 0.1) is 0 Å². The van der Waals surface area contributed by atoms with E-state index in [4.69, 9.17) is 9.47 Å². The predicted octanol–water partition coefficient (Wildman–Crippen LogP) is 3.19. The lowest BCUT2D eigenvalue weighted by Gasteiger charge is -2.42. The molecule has 7 heteroatoms. The van der Waals surface area contributed by atoms with E-state index in [1.165, 1.54) is 11.1 Å². The van der Waals surface area contributed by atoms with Crippen LogP contribution in [0.3, 0.4) is 0 Å². The van der Waals surface area contributed by atoms with E-state index in [9.17, 15) is 0 Å². The molecular formula is C23H39IN4O2. The first-order chi connectivity index (χ1) is 14.1. The molecule has 170 valence electrons. The summed E-state index contributed by atoms with van der Waals surface area (Å²) in [5.74, 6) is 0.856. The number of aliphatic imine (C=N–C) groups is 1. The summed E-state index contributed by atoms with van der Waals surface area (Å²) in [6.07, 6.45) is 4.69. The molecule has 1 aromatic carbocycles. The first kappa shape index (κ1) is 25.4. The number of benzene rings is 1. The Labute approximate surface area is 199 Å². The molecule has 2 heterocycles. The van der Waals surface area contributed by atoms with Gasteiger partial charge in [-0.15, -0.1) is 24.0 Å². The maximum Gasteiger partial charge on any atom is 0.191 e. The minimum Gasteiger partial charge on any atom is -0.379 e. The van der Waals surface area contributed by atoms with E-state index in [0.717, 1.165) is 77.6 Å². The third-order valence-electron chi connectivity index (χ3n) is 5.98. The number of fused-ring (bicyclic) bond motifs is 1. The molecule has 0 radical (unpaired) electrons. The first-order valence-corrected chi connectivity index (χ1v) is 11.0. The fourth-order valence-corrected chi connectivity index (χ4v) is 4.02. The van der Waals surface area contributed by atoms with Gasteiger partial charge in [0.2, 0.25) is 0 Å². The molecule has 2 aliphatic rings. The van der Waals surface area contributed by atoms with Crippen molar-refractivity contribution in [3.63, 3.8) is 0 Å². The van der Waals surface area contributed by atoms with E-state index in [-0.39, 0.29) is 29.5 Å². The van der Waals surface area contributed by atoms with Crippen LogP contribution in [0.2, 0.25) is 0 Å². The molecule has 0 bridgehead atoms. The van der Waals surface area contributed by atoms with Gasteiger partial charge in [-0.25, -0.2) is 0 Å². The monoisotopic (exact) mass is 530 g/mol. The molecule has 0 aromatic heterocycles. The largest absolute Gasteiger partial charge is 0.379 e. The number of halogens is 1. The number of hydrogen-bond donors (Lipinski definition) is 2. The number of ether oxygens (including phenoxy) is 2. The molecule has 1 atom stereocenters. The summed E-state index contributed by atoms with van der Waals surface area (Å²) >= 11 is 0. The van der Waals surface area contributed by atoms with Crippen molar-refractivity contribution in [3.8, 4) is 0 Å². The highest BCUT2D eigenvalue weighted by Gasteiger charge is 2.29. The van der Waals surface area contributed by atoms with E-state index in [0.29, 0.717) is 6.10 Å². The van der Waals surface area contributed by atoms with Crippen LogP contribution < -0.4 is 10.6 Å². The lowest BCUT2D eigenvalue weighted by molar-refractivity contribution is 0.0168. The second kappa shape index (κ2) is 12.8. The first-order valence-electron chi connectivity index (χ1n) is 11.0. The second-order valence-electron chi connectivity index (χ2n) is 8.67. The molecule has 1 fully saturated rings. The Morgan fingerprint density at radius 3 is 2.80 bits per heavy atom. The van der Waals surface area contributed by atoms with Crippen molar-refractivity contribution in [1.82, 2.24) is 15.5 Å². The zero-order valence-corrected chi connectivity index (χ0v) is 21.1. The predicted molar refractivity (Wildman–Crippen MR) is 134 cm³/mol. The van der Waals surface area contributed by atoms with Gasteiger partial charge in [0.15, 0.2) is 5.96 Å². The molecule has 2 N–H and O–H groups in total. The van der Waals surface area contributed by atoms with Crippen molar-refractivity contribution in [3.05, 3.63) is 35.4 Å². The quantitative estimate of drug-likeness (QED) is 0.222. The standard InChI is InChI=1S/C23H38N4O2.HI/c1-23(2,27-13-11-19-8-4-5-9-20(19)16-27)18-26-22(24-3)25-12-7-14-28-17-21-10-6-15-29-21;/h4-5,8-9,21H,6-7,10-18H2,1-3H3,(H2,24,25,26);1H. The zero-order valence-electron chi connectivity index (χ0n) is 18.8. The van der Waals surface area contributed by atoms with Gasteiger partial charge in [-0.05, 0) is 50.7 Å². The van der Waals surface area contributed by atoms with Crippen LogP contribution in [-0.2, 0) is 22.4 Å². The van der Waals surface area contributed by atoms with Crippen molar-refractivity contribution >= 4 is 29.9 Å². The van der Waals surface area contributed by atoms with Gasteiger partial charge in [0.05, 0.1) is 12.7 Å². The molecular weight excluding hydrogens is 491 g/mol. The van der Waals surface area contributed by atoms with Crippen molar-refractivity contribution in [2.75, 3.05) is 46.5 Å². The molecule has 6 nitrogen and oxygen atoms in total. The van der Waals surface area contributed by atoms with Crippen LogP contribution in [0.1, 0.15) is 44.2 Å². The molecule has 2 aliphatic heterocycles. The molecule has 0 aliphatic carbocycles. The molecule has 3 rings (SSSR count). The maximum absolute atomic E-state index is 5.72. The van der Waals surface area contributed by atoms with Gasteiger partial charge in [-0.1, -0.05) is 24.3 Å².